The molecule has 1 aromatic carbocycles. The van der Waals surface area contributed by atoms with Crippen LogP contribution in [-0.2, 0) is 14.9 Å². The van der Waals surface area contributed by atoms with Crippen LogP contribution >= 0.6 is 17.0 Å². The quantitative estimate of drug-likeness (QED) is 0.826. The van der Waals surface area contributed by atoms with Crippen molar-refractivity contribution in [2.75, 3.05) is 26.8 Å². The molecule has 2 heterocycles. The molecule has 4 nitrogen and oxygen atoms in total. The van der Waals surface area contributed by atoms with Crippen molar-refractivity contribution in [1.82, 2.24) is 4.90 Å². The fraction of sp³-hybridized carbons (Fsp3) is 0.647. The van der Waals surface area contributed by atoms with E-state index < -0.39 is 5.79 Å². The van der Waals surface area contributed by atoms with Gasteiger partial charge >= 0.3 is 0 Å². The third-order valence-electron chi connectivity index (χ3n) is 5.69. The minimum Gasteiger partial charge on any atom is -0.508 e. The van der Waals surface area contributed by atoms with E-state index in [2.05, 4.69) is 18.0 Å². The third-order valence-corrected chi connectivity index (χ3v) is 5.69. The first kappa shape index (κ1) is 16.2. The van der Waals surface area contributed by atoms with Crippen molar-refractivity contribution in [1.29, 1.82) is 0 Å². The Bertz CT molecular complexity index is 546. The predicted octanol–water partition coefficient (Wildman–Crippen LogP) is 2.84. The van der Waals surface area contributed by atoms with Crippen molar-refractivity contribution in [2.45, 2.75) is 42.9 Å². The van der Waals surface area contributed by atoms with E-state index in [1.807, 2.05) is 12.1 Å². The Balaban J connectivity index is 0.00000144. The Morgan fingerprint density at radius 3 is 2.77 bits per heavy atom. The fourth-order valence-electron chi connectivity index (χ4n) is 4.68. The second kappa shape index (κ2) is 5.78. The van der Waals surface area contributed by atoms with Crippen LogP contribution in [0.1, 0.15) is 31.2 Å². The molecule has 1 N–H and O–H groups in total. The zero-order valence-corrected chi connectivity index (χ0v) is 14.7. The lowest BCUT2D eigenvalue weighted by molar-refractivity contribution is -0.252. The molecule has 0 radical (unpaired) electrons. The maximum absolute atomic E-state index is 9.93. The molecule has 122 valence electrons. The topological polar surface area (TPSA) is 41.9 Å². The molecule has 0 amide bonds. The van der Waals surface area contributed by atoms with Gasteiger partial charge in [-0.25, -0.2) is 0 Å². The van der Waals surface area contributed by atoms with Crippen molar-refractivity contribution < 1.29 is 14.6 Å². The van der Waals surface area contributed by atoms with Crippen LogP contribution in [0.25, 0.3) is 0 Å². The molecule has 1 saturated carbocycles. The molecule has 3 aliphatic rings. The summed E-state index contributed by atoms with van der Waals surface area (Å²) in [6.07, 6.45) is 4.54. The summed E-state index contributed by atoms with van der Waals surface area (Å²) in [5.41, 5.74) is 1.04. The number of likely N-dealkylation sites (N-methyl/N-ethyl adjacent to an activating group) is 1. The zero-order chi connectivity index (χ0) is 14.5. The van der Waals surface area contributed by atoms with E-state index >= 15 is 0 Å². The van der Waals surface area contributed by atoms with E-state index in [1.54, 1.807) is 6.07 Å². The Morgan fingerprint density at radius 1 is 1.27 bits per heavy atom. The van der Waals surface area contributed by atoms with Crippen LogP contribution in [0, 0.1) is 0 Å². The maximum Gasteiger partial charge on any atom is 0.190 e. The number of benzene rings is 1. The van der Waals surface area contributed by atoms with Crippen molar-refractivity contribution in [2.24, 2.45) is 0 Å². The van der Waals surface area contributed by atoms with Gasteiger partial charge in [-0.1, -0.05) is 18.6 Å². The molecule has 2 atom stereocenters. The average molecular weight is 370 g/mol. The highest BCUT2D eigenvalue weighted by atomic mass is 79.9. The number of likely N-dealkylation sites (tertiary alicyclic amines) is 1. The molecule has 4 rings (SSSR count). The molecule has 22 heavy (non-hydrogen) atoms. The van der Waals surface area contributed by atoms with Gasteiger partial charge in [0.05, 0.1) is 25.2 Å². The molecule has 1 aromatic rings. The summed E-state index contributed by atoms with van der Waals surface area (Å²) in [6.45, 7) is 2.14. The number of hydrogen-bond acceptors (Lipinski definition) is 4. The SMILES string of the molecule is Br.CN1CC2(OCCO2)[C@]2(c3cccc(O)c3)CCC[C@H]1C2. The van der Waals surface area contributed by atoms with Gasteiger partial charge in [0.1, 0.15) is 5.75 Å². The van der Waals surface area contributed by atoms with Crippen LogP contribution < -0.4 is 0 Å². The molecule has 2 saturated heterocycles. The van der Waals surface area contributed by atoms with Gasteiger partial charge < -0.3 is 14.6 Å². The number of fused-ring (bicyclic) bond motifs is 3. The van der Waals surface area contributed by atoms with Gasteiger partial charge in [-0.3, -0.25) is 4.90 Å². The van der Waals surface area contributed by atoms with Gasteiger partial charge in [-0.05, 0) is 44.0 Å². The minimum atomic E-state index is -0.549. The van der Waals surface area contributed by atoms with E-state index in [0.717, 1.165) is 19.4 Å². The van der Waals surface area contributed by atoms with Crippen LogP contribution in [0.4, 0.5) is 0 Å². The summed E-state index contributed by atoms with van der Waals surface area (Å²) in [6, 6.07) is 8.28. The average Bonchev–Trinajstić information content (AvgIpc) is 2.96. The highest BCUT2D eigenvalue weighted by molar-refractivity contribution is 8.93. The first-order chi connectivity index (χ1) is 10.2. The van der Waals surface area contributed by atoms with Crippen molar-refractivity contribution in [3.63, 3.8) is 0 Å². The number of ether oxygens (including phenoxy) is 2. The van der Waals surface area contributed by atoms with E-state index in [9.17, 15) is 5.11 Å². The van der Waals surface area contributed by atoms with Crippen LogP contribution in [0.3, 0.4) is 0 Å². The molecule has 1 aliphatic carbocycles. The maximum atomic E-state index is 9.93. The molecule has 0 aromatic heterocycles. The molecule has 2 aliphatic heterocycles. The molecule has 1 spiro atoms. The lowest BCUT2D eigenvalue weighted by Gasteiger charge is -2.58. The van der Waals surface area contributed by atoms with Gasteiger partial charge in [0, 0.05) is 6.04 Å². The third kappa shape index (κ3) is 2.21. The summed E-state index contributed by atoms with van der Waals surface area (Å²) in [4.78, 5) is 2.39. The van der Waals surface area contributed by atoms with Crippen molar-refractivity contribution >= 4 is 17.0 Å². The first-order valence-electron chi connectivity index (χ1n) is 7.93. The van der Waals surface area contributed by atoms with Crippen molar-refractivity contribution in [3.05, 3.63) is 29.8 Å². The summed E-state index contributed by atoms with van der Waals surface area (Å²) >= 11 is 0. The number of rotatable bonds is 1. The zero-order valence-electron chi connectivity index (χ0n) is 13.0. The van der Waals surface area contributed by atoms with E-state index in [-0.39, 0.29) is 22.4 Å². The molecular weight excluding hydrogens is 346 g/mol. The fourth-order valence-corrected chi connectivity index (χ4v) is 4.68. The Kier molecular flexibility index (Phi) is 4.27. The van der Waals surface area contributed by atoms with Gasteiger partial charge in [-0.15, -0.1) is 17.0 Å². The lowest BCUT2D eigenvalue weighted by atomic mass is 9.60. The molecule has 0 unspecified atom stereocenters. The number of phenols is 1. The largest absolute Gasteiger partial charge is 0.508 e. The monoisotopic (exact) mass is 369 g/mol. The predicted molar refractivity (Wildman–Crippen MR) is 89.6 cm³/mol. The number of nitrogens with zero attached hydrogens (tertiary/aromatic N) is 1. The molecule has 2 bridgehead atoms. The van der Waals surface area contributed by atoms with Crippen LogP contribution in [0.2, 0.25) is 0 Å². The first-order valence-corrected chi connectivity index (χ1v) is 7.93. The number of halogens is 1. The summed E-state index contributed by atoms with van der Waals surface area (Å²) in [5.74, 6) is -0.219. The van der Waals surface area contributed by atoms with Gasteiger partial charge in [0.15, 0.2) is 5.79 Å². The Morgan fingerprint density at radius 2 is 2.05 bits per heavy atom. The standard InChI is InChI=1S/C17H23NO3.BrH/c1-18-12-17(20-8-9-21-17)16(7-3-5-14(18)11-16)13-4-2-6-15(19)10-13;/h2,4,6,10,14,19H,3,5,7-9,11-12H2,1H3;1H/t14-,16+;/m0./s1. The Hall–Kier alpha value is -0.620. The number of aromatic hydroxyl groups is 1. The number of hydrogen-bond donors (Lipinski definition) is 1. The molecular formula is C17H24BrNO3. The molecule has 5 heteroatoms. The van der Waals surface area contributed by atoms with E-state index in [0.29, 0.717) is 25.0 Å². The van der Waals surface area contributed by atoms with Crippen LogP contribution in [-0.4, -0.2) is 48.6 Å². The highest BCUT2D eigenvalue weighted by Crippen LogP contribution is 2.55. The lowest BCUT2D eigenvalue weighted by Crippen LogP contribution is -2.67. The second-order valence-electron chi connectivity index (χ2n) is 6.75. The van der Waals surface area contributed by atoms with Crippen LogP contribution in [0.15, 0.2) is 24.3 Å². The minimum absolute atomic E-state index is 0. The van der Waals surface area contributed by atoms with E-state index in [1.165, 1.54) is 18.4 Å². The highest BCUT2D eigenvalue weighted by Gasteiger charge is 2.62. The molecule has 3 fully saturated rings. The summed E-state index contributed by atoms with van der Waals surface area (Å²) in [5, 5.41) is 9.93. The smallest absolute Gasteiger partial charge is 0.190 e. The summed E-state index contributed by atoms with van der Waals surface area (Å²) < 4.78 is 12.4. The van der Waals surface area contributed by atoms with E-state index in [4.69, 9.17) is 9.47 Å². The second-order valence-corrected chi connectivity index (χ2v) is 6.75. The number of piperidine rings is 1. The van der Waals surface area contributed by atoms with Gasteiger partial charge in [0.2, 0.25) is 0 Å². The van der Waals surface area contributed by atoms with Crippen LogP contribution in [0.5, 0.6) is 5.75 Å². The summed E-state index contributed by atoms with van der Waals surface area (Å²) in [7, 11) is 2.18. The van der Waals surface area contributed by atoms with Gasteiger partial charge in [0.25, 0.3) is 0 Å². The van der Waals surface area contributed by atoms with Crippen molar-refractivity contribution in [3.8, 4) is 5.75 Å². The Labute approximate surface area is 142 Å². The normalized spacial score (nSPS) is 33.6. The van der Waals surface area contributed by atoms with Gasteiger partial charge in [-0.2, -0.15) is 0 Å². The number of phenolic OH excluding ortho intramolecular Hbond substituents is 1.